The van der Waals surface area contributed by atoms with E-state index in [-0.39, 0.29) is 18.4 Å². The molecule has 1 fully saturated rings. The second-order valence-electron chi connectivity index (χ2n) is 6.70. The van der Waals surface area contributed by atoms with Gasteiger partial charge in [0.15, 0.2) is 0 Å². The monoisotopic (exact) mass is 364 g/mol. The summed E-state index contributed by atoms with van der Waals surface area (Å²) in [4.78, 5) is 26.0. The number of piperidine rings is 1. The van der Waals surface area contributed by atoms with Crippen LogP contribution in [0.1, 0.15) is 31.2 Å². The van der Waals surface area contributed by atoms with Crippen LogP contribution in [0.25, 0.3) is 17.0 Å². The van der Waals surface area contributed by atoms with E-state index in [1.807, 2.05) is 39.9 Å². The van der Waals surface area contributed by atoms with E-state index in [4.69, 9.17) is 5.26 Å². The third-order valence-electron chi connectivity index (χ3n) is 4.82. The Labute approximate surface area is 159 Å². The molecule has 27 heavy (non-hydrogen) atoms. The molecule has 0 radical (unpaired) electrons. The van der Waals surface area contributed by atoms with Gasteiger partial charge in [-0.25, -0.2) is 0 Å². The van der Waals surface area contributed by atoms with Crippen LogP contribution < -0.4 is 5.32 Å². The standard InChI is InChI=1S/C21H24N4O2/c22-11-6-14-25-16-17(18-7-2-3-8-19(18)25)9-10-20(26)23-15-21(27)24-12-4-1-5-13-24/h2-3,7-10,16H,1,4-6,12-15H2,(H,23,26). The topological polar surface area (TPSA) is 78.1 Å². The van der Waals surface area contributed by atoms with Crippen molar-refractivity contribution >= 4 is 28.8 Å². The number of benzene rings is 1. The molecule has 2 aromatic rings. The zero-order chi connectivity index (χ0) is 19.1. The molecule has 3 rings (SSSR count). The highest BCUT2D eigenvalue weighted by Crippen LogP contribution is 2.22. The highest BCUT2D eigenvalue weighted by atomic mass is 16.2. The van der Waals surface area contributed by atoms with Gasteiger partial charge in [0.05, 0.1) is 19.0 Å². The molecule has 0 spiro atoms. The minimum Gasteiger partial charge on any atom is -0.346 e. The number of likely N-dealkylation sites (tertiary alicyclic amines) is 1. The summed E-state index contributed by atoms with van der Waals surface area (Å²) in [5.41, 5.74) is 1.95. The summed E-state index contributed by atoms with van der Waals surface area (Å²) < 4.78 is 2.02. The zero-order valence-corrected chi connectivity index (χ0v) is 15.4. The fourth-order valence-electron chi connectivity index (χ4n) is 3.41. The normalized spacial score (nSPS) is 14.4. The van der Waals surface area contributed by atoms with E-state index in [9.17, 15) is 9.59 Å². The molecule has 0 bridgehead atoms. The molecule has 2 amide bonds. The molecule has 0 unspecified atom stereocenters. The quantitative estimate of drug-likeness (QED) is 0.801. The Morgan fingerprint density at radius 3 is 2.74 bits per heavy atom. The third-order valence-corrected chi connectivity index (χ3v) is 4.82. The van der Waals surface area contributed by atoms with Gasteiger partial charge in [-0.15, -0.1) is 0 Å². The molecule has 2 heterocycles. The van der Waals surface area contributed by atoms with Crippen molar-refractivity contribution in [3.8, 4) is 6.07 Å². The molecule has 6 heteroatoms. The second-order valence-corrected chi connectivity index (χ2v) is 6.70. The molecule has 1 aromatic heterocycles. The van der Waals surface area contributed by atoms with Crippen LogP contribution in [0.15, 0.2) is 36.5 Å². The van der Waals surface area contributed by atoms with E-state index in [0.717, 1.165) is 42.4 Å². The number of amides is 2. The van der Waals surface area contributed by atoms with Crippen LogP contribution >= 0.6 is 0 Å². The van der Waals surface area contributed by atoms with E-state index in [2.05, 4.69) is 11.4 Å². The fraction of sp³-hybridized carbons (Fsp3) is 0.381. The Hall–Kier alpha value is -3.07. The van der Waals surface area contributed by atoms with Crippen molar-refractivity contribution in [3.63, 3.8) is 0 Å². The number of nitrogens with one attached hydrogen (secondary N) is 1. The summed E-state index contributed by atoms with van der Waals surface area (Å²) >= 11 is 0. The van der Waals surface area contributed by atoms with Crippen molar-refractivity contribution in [2.24, 2.45) is 0 Å². The minimum atomic E-state index is -0.283. The Bertz CT molecular complexity index is 885. The third kappa shape index (κ3) is 4.76. The maximum Gasteiger partial charge on any atom is 0.244 e. The number of nitrogens with zero attached hydrogens (tertiary/aromatic N) is 3. The number of carbonyl (C=O) groups excluding carboxylic acids is 2. The molecule has 1 aromatic carbocycles. The summed E-state index contributed by atoms with van der Waals surface area (Å²) in [6.07, 6.45) is 8.84. The van der Waals surface area contributed by atoms with Crippen molar-refractivity contribution in [3.05, 3.63) is 42.1 Å². The number of carbonyl (C=O) groups is 2. The van der Waals surface area contributed by atoms with Crippen molar-refractivity contribution in [1.82, 2.24) is 14.8 Å². The predicted octanol–water partition coefficient (Wildman–Crippen LogP) is 2.70. The number of hydrogen-bond acceptors (Lipinski definition) is 3. The van der Waals surface area contributed by atoms with Crippen molar-refractivity contribution in [1.29, 1.82) is 5.26 Å². The molecular formula is C21H24N4O2. The predicted molar refractivity (Wildman–Crippen MR) is 105 cm³/mol. The highest BCUT2D eigenvalue weighted by molar-refractivity contribution is 5.97. The van der Waals surface area contributed by atoms with Gasteiger partial charge >= 0.3 is 0 Å². The Morgan fingerprint density at radius 1 is 1.19 bits per heavy atom. The summed E-state index contributed by atoms with van der Waals surface area (Å²) in [7, 11) is 0. The molecule has 0 aliphatic carbocycles. The second kappa shape index (κ2) is 9.04. The lowest BCUT2D eigenvalue weighted by Gasteiger charge is -2.26. The molecular weight excluding hydrogens is 340 g/mol. The van der Waals surface area contributed by atoms with Crippen LogP contribution in [0.4, 0.5) is 0 Å². The van der Waals surface area contributed by atoms with Crippen LogP contribution in [0.5, 0.6) is 0 Å². The molecule has 0 saturated carbocycles. The smallest absolute Gasteiger partial charge is 0.244 e. The van der Waals surface area contributed by atoms with Gasteiger partial charge in [0.1, 0.15) is 0 Å². The van der Waals surface area contributed by atoms with Gasteiger partial charge in [-0.05, 0) is 31.4 Å². The van der Waals surface area contributed by atoms with Crippen LogP contribution in [-0.4, -0.2) is 40.9 Å². The maximum absolute atomic E-state index is 12.1. The lowest BCUT2D eigenvalue weighted by molar-refractivity contribution is -0.132. The van der Waals surface area contributed by atoms with Crippen molar-refractivity contribution in [2.75, 3.05) is 19.6 Å². The Morgan fingerprint density at radius 2 is 1.96 bits per heavy atom. The first-order valence-electron chi connectivity index (χ1n) is 9.37. The first-order valence-corrected chi connectivity index (χ1v) is 9.37. The first kappa shape index (κ1) is 18.7. The SMILES string of the molecule is N#CCCn1cc(C=CC(=O)NCC(=O)N2CCCCC2)c2ccccc21. The van der Waals surface area contributed by atoms with Crippen LogP contribution in [0.2, 0.25) is 0 Å². The van der Waals surface area contributed by atoms with Gasteiger partial charge in [-0.2, -0.15) is 5.26 Å². The van der Waals surface area contributed by atoms with Gasteiger partial charge in [-0.1, -0.05) is 18.2 Å². The fourth-order valence-corrected chi connectivity index (χ4v) is 3.41. The molecule has 140 valence electrons. The molecule has 6 nitrogen and oxygen atoms in total. The lowest BCUT2D eigenvalue weighted by atomic mass is 10.1. The number of aromatic nitrogens is 1. The van der Waals surface area contributed by atoms with Crippen molar-refractivity contribution in [2.45, 2.75) is 32.2 Å². The highest BCUT2D eigenvalue weighted by Gasteiger charge is 2.16. The van der Waals surface area contributed by atoms with Gasteiger partial charge in [0.25, 0.3) is 0 Å². The molecule has 1 N–H and O–H groups in total. The number of rotatable bonds is 6. The summed E-state index contributed by atoms with van der Waals surface area (Å²) in [5.74, 6) is -0.307. The van der Waals surface area contributed by atoms with Gasteiger partial charge in [0, 0.05) is 48.4 Å². The average Bonchev–Trinajstić information content (AvgIpc) is 3.07. The number of aryl methyl sites for hydroxylation is 1. The van der Waals surface area contributed by atoms with Crippen LogP contribution in [-0.2, 0) is 16.1 Å². The van der Waals surface area contributed by atoms with Gasteiger partial charge in [-0.3, -0.25) is 9.59 Å². The maximum atomic E-state index is 12.1. The van der Waals surface area contributed by atoms with E-state index in [1.165, 1.54) is 12.5 Å². The molecule has 1 aliphatic rings. The van der Waals surface area contributed by atoms with E-state index in [0.29, 0.717) is 13.0 Å². The lowest BCUT2D eigenvalue weighted by Crippen LogP contribution is -2.42. The Balaban J connectivity index is 1.62. The largest absolute Gasteiger partial charge is 0.346 e. The Kier molecular flexibility index (Phi) is 6.26. The summed E-state index contributed by atoms with van der Waals surface area (Å²) in [5, 5.41) is 12.5. The molecule has 1 saturated heterocycles. The summed E-state index contributed by atoms with van der Waals surface area (Å²) in [6.45, 7) is 2.22. The average molecular weight is 364 g/mol. The van der Waals surface area contributed by atoms with E-state index < -0.39 is 0 Å². The minimum absolute atomic E-state index is 0.0236. The van der Waals surface area contributed by atoms with Crippen LogP contribution in [0.3, 0.4) is 0 Å². The van der Waals surface area contributed by atoms with E-state index >= 15 is 0 Å². The van der Waals surface area contributed by atoms with Gasteiger partial charge in [0.2, 0.25) is 11.8 Å². The number of para-hydroxylation sites is 1. The first-order chi connectivity index (χ1) is 13.2. The zero-order valence-electron chi connectivity index (χ0n) is 15.4. The number of hydrogen-bond donors (Lipinski definition) is 1. The number of fused-ring (bicyclic) bond motifs is 1. The van der Waals surface area contributed by atoms with Gasteiger partial charge < -0.3 is 14.8 Å². The number of nitriles is 1. The van der Waals surface area contributed by atoms with Crippen LogP contribution in [0, 0.1) is 11.3 Å². The van der Waals surface area contributed by atoms with E-state index in [1.54, 1.807) is 6.08 Å². The molecule has 1 aliphatic heterocycles. The van der Waals surface area contributed by atoms with Crippen molar-refractivity contribution < 1.29 is 9.59 Å². The summed E-state index contributed by atoms with van der Waals surface area (Å²) in [6, 6.07) is 10.1. The molecule has 0 atom stereocenters.